The molecule has 10 heteroatoms. The zero-order chi connectivity index (χ0) is 24.2. The van der Waals surface area contributed by atoms with Gasteiger partial charge in [-0.3, -0.25) is 19.4 Å². The van der Waals surface area contributed by atoms with Gasteiger partial charge in [-0.1, -0.05) is 0 Å². The van der Waals surface area contributed by atoms with Gasteiger partial charge in [0.15, 0.2) is 6.61 Å². The molecule has 3 N–H and O–H groups in total. The first kappa shape index (κ1) is 23.9. The predicted molar refractivity (Wildman–Crippen MR) is 125 cm³/mol. The second-order valence-corrected chi connectivity index (χ2v) is 6.87. The molecule has 0 fully saturated rings. The van der Waals surface area contributed by atoms with Gasteiger partial charge in [0.2, 0.25) is 0 Å². The van der Waals surface area contributed by atoms with E-state index in [4.69, 9.17) is 9.47 Å². The third-order valence-electron chi connectivity index (χ3n) is 4.41. The summed E-state index contributed by atoms with van der Waals surface area (Å²) in [6.07, 6.45) is 4.58. The summed E-state index contributed by atoms with van der Waals surface area (Å²) in [5, 5.41) is 8.99. The third kappa shape index (κ3) is 7.75. The van der Waals surface area contributed by atoms with Crippen LogP contribution in [0, 0.1) is 0 Å². The molecule has 1 aromatic heterocycles. The maximum atomic E-state index is 12.0. The van der Waals surface area contributed by atoms with Crippen molar-refractivity contribution < 1.29 is 23.9 Å². The van der Waals surface area contributed by atoms with Gasteiger partial charge < -0.3 is 20.1 Å². The van der Waals surface area contributed by atoms with Crippen molar-refractivity contribution in [3.63, 3.8) is 0 Å². The SMILES string of the molecule is COc1ccc(NC(=O)COc2ccc(/C=N\NC(=O)C(=O)NCc3ccncc3)cc2)cc1. The molecule has 34 heavy (non-hydrogen) atoms. The van der Waals surface area contributed by atoms with E-state index in [-0.39, 0.29) is 19.1 Å². The van der Waals surface area contributed by atoms with Crippen LogP contribution in [-0.2, 0) is 20.9 Å². The van der Waals surface area contributed by atoms with Crippen molar-refractivity contribution in [2.24, 2.45) is 5.10 Å². The largest absolute Gasteiger partial charge is 0.497 e. The van der Waals surface area contributed by atoms with E-state index in [1.165, 1.54) is 6.21 Å². The second-order valence-electron chi connectivity index (χ2n) is 6.87. The van der Waals surface area contributed by atoms with Crippen LogP contribution in [-0.4, -0.2) is 42.6 Å². The third-order valence-corrected chi connectivity index (χ3v) is 4.41. The number of nitrogens with one attached hydrogen (secondary N) is 3. The molecule has 0 aliphatic carbocycles. The first-order valence-corrected chi connectivity index (χ1v) is 10.2. The molecule has 3 aromatic rings. The van der Waals surface area contributed by atoms with E-state index in [1.807, 2.05) is 0 Å². The Morgan fingerprint density at radius 2 is 1.59 bits per heavy atom. The molecule has 1 heterocycles. The van der Waals surface area contributed by atoms with E-state index in [9.17, 15) is 14.4 Å². The Kier molecular flexibility index (Phi) is 8.68. The fourth-order valence-electron chi connectivity index (χ4n) is 2.65. The highest BCUT2D eigenvalue weighted by Gasteiger charge is 2.11. The average Bonchev–Trinajstić information content (AvgIpc) is 2.87. The zero-order valence-corrected chi connectivity index (χ0v) is 18.4. The van der Waals surface area contributed by atoms with Crippen LogP contribution >= 0.6 is 0 Å². The quantitative estimate of drug-likeness (QED) is 0.253. The highest BCUT2D eigenvalue weighted by molar-refractivity contribution is 6.35. The lowest BCUT2D eigenvalue weighted by Gasteiger charge is -2.08. The molecule has 10 nitrogen and oxygen atoms in total. The van der Waals surface area contributed by atoms with Gasteiger partial charge >= 0.3 is 11.8 Å². The number of hydrogen-bond acceptors (Lipinski definition) is 7. The van der Waals surface area contributed by atoms with E-state index in [1.54, 1.807) is 80.2 Å². The van der Waals surface area contributed by atoms with E-state index >= 15 is 0 Å². The summed E-state index contributed by atoms with van der Waals surface area (Å²) in [4.78, 5) is 39.5. The number of ether oxygens (including phenoxy) is 2. The molecule has 0 aliphatic rings. The molecule has 0 spiro atoms. The van der Waals surface area contributed by atoms with E-state index in [0.717, 1.165) is 5.56 Å². The number of anilines is 1. The van der Waals surface area contributed by atoms with Gasteiger partial charge in [0.25, 0.3) is 5.91 Å². The molecule has 3 rings (SSSR count). The Balaban J connectivity index is 1.39. The number of hydrogen-bond donors (Lipinski definition) is 3. The maximum absolute atomic E-state index is 12.0. The molecule has 0 atom stereocenters. The summed E-state index contributed by atoms with van der Waals surface area (Å²) >= 11 is 0. The smallest absolute Gasteiger partial charge is 0.329 e. The van der Waals surface area contributed by atoms with Gasteiger partial charge in [-0.15, -0.1) is 0 Å². The van der Waals surface area contributed by atoms with Gasteiger partial charge in [-0.05, 0) is 71.8 Å². The predicted octanol–water partition coefficient (Wildman–Crippen LogP) is 1.87. The molecule has 0 radical (unpaired) electrons. The normalized spacial score (nSPS) is 10.4. The highest BCUT2D eigenvalue weighted by atomic mass is 16.5. The van der Waals surface area contributed by atoms with Gasteiger partial charge in [0.05, 0.1) is 13.3 Å². The first-order valence-electron chi connectivity index (χ1n) is 10.2. The van der Waals surface area contributed by atoms with E-state index in [0.29, 0.717) is 22.7 Å². The van der Waals surface area contributed by atoms with Crippen LogP contribution in [0.15, 0.2) is 78.2 Å². The Hall–Kier alpha value is -4.73. The van der Waals surface area contributed by atoms with Crippen molar-refractivity contribution in [3.8, 4) is 11.5 Å². The van der Waals surface area contributed by atoms with Crippen molar-refractivity contribution in [2.45, 2.75) is 6.54 Å². The van der Waals surface area contributed by atoms with Crippen molar-refractivity contribution in [1.82, 2.24) is 15.7 Å². The van der Waals surface area contributed by atoms with Crippen molar-refractivity contribution in [1.29, 1.82) is 0 Å². The van der Waals surface area contributed by atoms with Crippen LogP contribution < -0.4 is 25.5 Å². The molecule has 2 aromatic carbocycles. The minimum absolute atomic E-state index is 0.163. The molecule has 0 aliphatic heterocycles. The Bertz CT molecular complexity index is 1130. The van der Waals surface area contributed by atoms with Crippen LogP contribution in [0.2, 0.25) is 0 Å². The number of hydrazone groups is 1. The summed E-state index contributed by atoms with van der Waals surface area (Å²) in [6, 6.07) is 17.1. The molecular formula is C24H23N5O5. The molecule has 0 unspecified atom stereocenters. The number of aromatic nitrogens is 1. The number of benzene rings is 2. The van der Waals surface area contributed by atoms with E-state index < -0.39 is 11.8 Å². The van der Waals surface area contributed by atoms with Crippen molar-refractivity contribution in [3.05, 3.63) is 84.2 Å². The van der Waals surface area contributed by atoms with Crippen molar-refractivity contribution in [2.75, 3.05) is 19.0 Å². The fourth-order valence-corrected chi connectivity index (χ4v) is 2.65. The lowest BCUT2D eigenvalue weighted by Crippen LogP contribution is -2.37. The summed E-state index contributed by atoms with van der Waals surface area (Å²) in [6.45, 7) is 0.0438. The summed E-state index contributed by atoms with van der Waals surface area (Å²) in [5.41, 5.74) is 4.28. The van der Waals surface area contributed by atoms with Crippen LogP contribution in [0.25, 0.3) is 0 Å². The number of amides is 3. The standard InChI is InChI=1S/C24H23N5O5/c1-33-20-8-4-19(5-9-20)28-22(30)16-34-21-6-2-17(3-7-21)15-27-29-24(32)23(31)26-14-18-10-12-25-13-11-18/h2-13,15H,14,16H2,1H3,(H,26,31)(H,28,30)(H,29,32)/b27-15-. The zero-order valence-electron chi connectivity index (χ0n) is 18.4. The lowest BCUT2D eigenvalue weighted by molar-refractivity contribution is -0.139. The van der Waals surface area contributed by atoms with Crippen LogP contribution in [0.5, 0.6) is 11.5 Å². The number of methoxy groups -OCH3 is 1. The minimum atomic E-state index is -0.881. The summed E-state index contributed by atoms with van der Waals surface area (Å²) in [7, 11) is 1.57. The van der Waals surface area contributed by atoms with Gasteiger partial charge in [0.1, 0.15) is 11.5 Å². The fraction of sp³-hybridized carbons (Fsp3) is 0.125. The molecule has 0 saturated heterocycles. The van der Waals surface area contributed by atoms with Crippen LogP contribution in [0.4, 0.5) is 5.69 Å². The Morgan fingerprint density at radius 1 is 0.912 bits per heavy atom. The van der Waals surface area contributed by atoms with E-state index in [2.05, 4.69) is 26.1 Å². The average molecular weight is 461 g/mol. The Morgan fingerprint density at radius 3 is 2.26 bits per heavy atom. The van der Waals surface area contributed by atoms with Crippen LogP contribution in [0.1, 0.15) is 11.1 Å². The topological polar surface area (TPSA) is 131 Å². The summed E-state index contributed by atoms with van der Waals surface area (Å²) in [5.74, 6) is -0.803. The molecule has 174 valence electrons. The number of pyridine rings is 1. The number of carbonyl (C=O) groups excluding carboxylic acids is 3. The lowest BCUT2D eigenvalue weighted by atomic mass is 10.2. The molecule has 3 amide bonds. The van der Waals surface area contributed by atoms with Gasteiger partial charge in [0, 0.05) is 24.6 Å². The minimum Gasteiger partial charge on any atom is -0.497 e. The monoisotopic (exact) mass is 461 g/mol. The van der Waals surface area contributed by atoms with Crippen LogP contribution in [0.3, 0.4) is 0 Å². The van der Waals surface area contributed by atoms with Crippen molar-refractivity contribution >= 4 is 29.6 Å². The first-order chi connectivity index (χ1) is 16.5. The molecule has 0 bridgehead atoms. The summed E-state index contributed by atoms with van der Waals surface area (Å²) < 4.78 is 10.5. The highest BCUT2D eigenvalue weighted by Crippen LogP contribution is 2.15. The van der Waals surface area contributed by atoms with Gasteiger partial charge in [-0.25, -0.2) is 5.43 Å². The van der Waals surface area contributed by atoms with Gasteiger partial charge in [-0.2, -0.15) is 5.10 Å². The Labute approximate surface area is 196 Å². The number of carbonyl (C=O) groups is 3. The number of rotatable bonds is 9. The maximum Gasteiger partial charge on any atom is 0.329 e. The number of nitrogens with zero attached hydrogens (tertiary/aromatic N) is 2. The molecule has 0 saturated carbocycles. The second kappa shape index (κ2) is 12.3. The molecular weight excluding hydrogens is 438 g/mol.